The molecule has 0 aliphatic heterocycles. The molecule has 0 atom stereocenters. The number of phenols is 3. The van der Waals surface area contributed by atoms with Gasteiger partial charge in [0.25, 0.3) is 5.56 Å². The smallest absolute Gasteiger partial charge is 0.274 e. The van der Waals surface area contributed by atoms with Crippen LogP contribution in [-0.4, -0.2) is 30.1 Å². The van der Waals surface area contributed by atoms with E-state index in [2.05, 4.69) is 10.1 Å². The predicted octanol–water partition coefficient (Wildman–Crippen LogP) is 4.21. The summed E-state index contributed by atoms with van der Waals surface area (Å²) in [4.78, 5) is 28.5. The van der Waals surface area contributed by atoms with Crippen LogP contribution in [0.5, 0.6) is 17.2 Å². The standard InChI is InChI=1S/C24H21N3O6/c28-14-8-6-11(10-16(14)30)17-18-23(27(26-24(18)32)12-4-2-1-3-5-12)25-19-13-7-9-15(29)20(31)21(13)33-22(17)19/h6-10,12,25,28,30-31H,1-5H2,(H,26,32). The van der Waals surface area contributed by atoms with Crippen molar-refractivity contribution >= 4 is 33.1 Å². The molecule has 5 aromatic rings. The Bertz CT molecular complexity index is 1680. The fraction of sp³-hybridized carbons (Fsp3) is 0.250. The second-order valence-electron chi connectivity index (χ2n) is 8.63. The van der Waals surface area contributed by atoms with Gasteiger partial charge in [0.1, 0.15) is 5.65 Å². The molecular formula is C24H21N3O6. The topological polar surface area (TPSA) is 144 Å². The summed E-state index contributed by atoms with van der Waals surface area (Å²) >= 11 is 0. The van der Waals surface area contributed by atoms with Gasteiger partial charge >= 0.3 is 0 Å². The molecule has 168 valence electrons. The summed E-state index contributed by atoms with van der Waals surface area (Å²) in [5.74, 6) is -1.14. The van der Waals surface area contributed by atoms with Gasteiger partial charge in [-0.25, -0.2) is 0 Å². The monoisotopic (exact) mass is 447 g/mol. The number of pyridine rings is 1. The summed E-state index contributed by atoms with van der Waals surface area (Å²) in [5, 5.41) is 34.1. The molecule has 0 spiro atoms. The van der Waals surface area contributed by atoms with E-state index in [9.17, 15) is 24.9 Å². The molecule has 1 aliphatic carbocycles. The molecule has 0 saturated heterocycles. The van der Waals surface area contributed by atoms with E-state index in [1.165, 1.54) is 18.2 Å². The molecule has 0 radical (unpaired) electrons. The Morgan fingerprint density at radius 2 is 1.73 bits per heavy atom. The summed E-state index contributed by atoms with van der Waals surface area (Å²) in [6.07, 6.45) is 5.18. The zero-order valence-electron chi connectivity index (χ0n) is 17.5. The van der Waals surface area contributed by atoms with Crippen molar-refractivity contribution in [2.75, 3.05) is 0 Å². The van der Waals surface area contributed by atoms with Crippen LogP contribution in [0.2, 0.25) is 0 Å². The third-order valence-electron chi connectivity index (χ3n) is 6.65. The lowest BCUT2D eigenvalue weighted by atomic mass is 9.95. The maximum atomic E-state index is 13.2. The third kappa shape index (κ3) is 2.78. The largest absolute Gasteiger partial charge is 0.504 e. The number of phenolic OH excluding ortho intramolecular Hbond substituents is 3. The van der Waals surface area contributed by atoms with Crippen molar-refractivity contribution in [3.05, 3.63) is 50.9 Å². The second-order valence-corrected chi connectivity index (χ2v) is 8.63. The number of benzene rings is 2. The maximum Gasteiger partial charge on any atom is 0.274 e. The van der Waals surface area contributed by atoms with Gasteiger partial charge in [0.05, 0.1) is 16.9 Å². The zero-order valence-corrected chi connectivity index (χ0v) is 17.5. The Labute approximate surface area is 185 Å². The lowest BCUT2D eigenvalue weighted by Crippen LogP contribution is -2.16. The number of aromatic hydroxyl groups is 3. The van der Waals surface area contributed by atoms with E-state index >= 15 is 0 Å². The molecule has 3 heterocycles. The van der Waals surface area contributed by atoms with Crippen molar-refractivity contribution in [3.8, 4) is 28.4 Å². The number of H-pyrrole nitrogens is 2. The molecule has 0 bridgehead atoms. The van der Waals surface area contributed by atoms with E-state index in [1.54, 1.807) is 12.1 Å². The van der Waals surface area contributed by atoms with Crippen molar-refractivity contribution in [1.29, 1.82) is 0 Å². The third-order valence-corrected chi connectivity index (χ3v) is 6.65. The Hall–Kier alpha value is -4.14. The predicted molar refractivity (Wildman–Crippen MR) is 123 cm³/mol. The molecule has 0 unspecified atom stereocenters. The van der Waals surface area contributed by atoms with E-state index in [0.29, 0.717) is 33.1 Å². The van der Waals surface area contributed by atoms with Gasteiger partial charge in [0.2, 0.25) is 11.2 Å². The Morgan fingerprint density at radius 1 is 0.939 bits per heavy atom. The number of rotatable bonds is 2. The van der Waals surface area contributed by atoms with E-state index in [4.69, 9.17) is 4.42 Å². The average Bonchev–Trinajstić information content (AvgIpc) is 3.35. The van der Waals surface area contributed by atoms with Crippen LogP contribution >= 0.6 is 0 Å². The summed E-state index contributed by atoms with van der Waals surface area (Å²) < 4.78 is 7.81. The molecule has 0 amide bonds. The fourth-order valence-electron chi connectivity index (χ4n) is 5.03. The molecule has 2 aromatic carbocycles. The number of nitrogens with zero attached hydrogens (tertiary/aromatic N) is 1. The molecule has 3 aromatic heterocycles. The minimum absolute atomic E-state index is 0.0197. The second kappa shape index (κ2) is 6.93. The molecule has 6 rings (SSSR count). The Kier molecular flexibility index (Phi) is 4.10. The van der Waals surface area contributed by atoms with Gasteiger partial charge < -0.3 is 24.7 Å². The number of nitrogens with one attached hydrogen (secondary N) is 2. The van der Waals surface area contributed by atoms with Crippen LogP contribution in [0, 0.1) is 0 Å². The van der Waals surface area contributed by atoms with Gasteiger partial charge in [-0.05, 0) is 42.7 Å². The first-order valence-electron chi connectivity index (χ1n) is 10.9. The van der Waals surface area contributed by atoms with Crippen LogP contribution in [0.1, 0.15) is 38.1 Å². The van der Waals surface area contributed by atoms with Gasteiger partial charge in [-0.2, -0.15) is 0 Å². The maximum absolute atomic E-state index is 13.2. The Balaban J connectivity index is 1.79. The molecule has 5 N–H and O–H groups in total. The number of fused-ring (bicyclic) bond motifs is 4. The quantitative estimate of drug-likeness (QED) is 0.256. The van der Waals surface area contributed by atoms with Gasteiger partial charge in [0, 0.05) is 10.9 Å². The van der Waals surface area contributed by atoms with Gasteiger partial charge in [-0.15, -0.1) is 0 Å². The highest BCUT2D eigenvalue weighted by atomic mass is 16.4. The fourth-order valence-corrected chi connectivity index (χ4v) is 5.03. The normalized spacial score (nSPS) is 15.2. The molecule has 1 aliphatic rings. The lowest BCUT2D eigenvalue weighted by Gasteiger charge is -2.23. The summed E-state index contributed by atoms with van der Waals surface area (Å²) in [7, 11) is 0. The van der Waals surface area contributed by atoms with Crippen molar-refractivity contribution in [1.82, 2.24) is 14.8 Å². The van der Waals surface area contributed by atoms with Crippen LogP contribution in [0.4, 0.5) is 0 Å². The summed E-state index contributed by atoms with van der Waals surface area (Å²) in [6, 6.07) is 7.22. The lowest BCUT2D eigenvalue weighted by molar-refractivity contribution is 0.335. The van der Waals surface area contributed by atoms with Crippen molar-refractivity contribution in [2.45, 2.75) is 38.1 Å². The zero-order chi connectivity index (χ0) is 22.9. The van der Waals surface area contributed by atoms with Crippen LogP contribution in [0.3, 0.4) is 0 Å². The van der Waals surface area contributed by atoms with E-state index in [0.717, 1.165) is 32.1 Å². The van der Waals surface area contributed by atoms with Crippen LogP contribution in [0.25, 0.3) is 44.2 Å². The van der Waals surface area contributed by atoms with Gasteiger partial charge in [0.15, 0.2) is 22.7 Å². The highest BCUT2D eigenvalue weighted by molar-refractivity contribution is 6.15. The number of hydrogen-bond acceptors (Lipinski definition) is 6. The van der Waals surface area contributed by atoms with Crippen molar-refractivity contribution < 1.29 is 19.7 Å². The van der Waals surface area contributed by atoms with Crippen LogP contribution < -0.4 is 11.0 Å². The van der Waals surface area contributed by atoms with E-state index in [1.807, 2.05) is 4.68 Å². The summed E-state index contributed by atoms with van der Waals surface area (Å²) in [6.45, 7) is 0. The SMILES string of the molecule is O=c1ccc2c(oc3c(-c4ccc(O)c(O)c4)c4c(=O)[nH]n(C5CCCCC5)c4[nH]c32)c1O. The van der Waals surface area contributed by atoms with Gasteiger partial charge in [-0.1, -0.05) is 25.3 Å². The molecule has 9 nitrogen and oxygen atoms in total. The minimum atomic E-state index is -0.570. The molecule has 33 heavy (non-hydrogen) atoms. The highest BCUT2D eigenvalue weighted by Gasteiger charge is 2.26. The van der Waals surface area contributed by atoms with Gasteiger partial charge in [-0.3, -0.25) is 19.4 Å². The first kappa shape index (κ1) is 19.5. The number of furan rings is 1. The minimum Gasteiger partial charge on any atom is -0.504 e. The molecular weight excluding hydrogens is 426 g/mol. The Morgan fingerprint density at radius 3 is 2.48 bits per heavy atom. The molecule has 1 fully saturated rings. The number of hydrogen-bond donors (Lipinski definition) is 5. The molecule has 1 saturated carbocycles. The first-order chi connectivity index (χ1) is 15.9. The summed E-state index contributed by atoms with van der Waals surface area (Å²) in [5.41, 5.74) is 1.30. The highest BCUT2D eigenvalue weighted by Crippen LogP contribution is 2.42. The van der Waals surface area contributed by atoms with E-state index in [-0.39, 0.29) is 34.3 Å². The number of aromatic nitrogens is 3. The van der Waals surface area contributed by atoms with Crippen LogP contribution in [0.15, 0.2) is 44.3 Å². The van der Waals surface area contributed by atoms with Crippen LogP contribution in [-0.2, 0) is 0 Å². The molecule has 9 heteroatoms. The van der Waals surface area contributed by atoms with E-state index < -0.39 is 11.2 Å². The van der Waals surface area contributed by atoms with Crippen molar-refractivity contribution in [2.24, 2.45) is 0 Å². The first-order valence-corrected chi connectivity index (χ1v) is 10.9. The van der Waals surface area contributed by atoms with Crippen molar-refractivity contribution in [3.63, 3.8) is 0 Å². The number of aromatic amines is 2. The average molecular weight is 447 g/mol.